The van der Waals surface area contributed by atoms with E-state index in [4.69, 9.17) is 11.6 Å². The van der Waals surface area contributed by atoms with Gasteiger partial charge in [-0.1, -0.05) is 23.7 Å². The minimum Gasteiger partial charge on any atom is -0.310 e. The third-order valence-corrected chi connectivity index (χ3v) is 4.39. The van der Waals surface area contributed by atoms with Gasteiger partial charge in [-0.25, -0.2) is 4.98 Å². The Bertz CT molecular complexity index is 517. The van der Waals surface area contributed by atoms with Gasteiger partial charge in [-0.05, 0) is 43.0 Å². The molecular formula is C14H15ClN2S. The molecule has 18 heavy (non-hydrogen) atoms. The molecule has 2 aromatic rings. The van der Waals surface area contributed by atoms with Crippen molar-refractivity contribution in [3.05, 3.63) is 40.5 Å². The van der Waals surface area contributed by atoms with Gasteiger partial charge in [-0.2, -0.15) is 0 Å². The number of rotatable bonds is 5. The second kappa shape index (κ2) is 5.39. The molecule has 0 atom stereocenters. The minimum atomic E-state index is 0.773. The van der Waals surface area contributed by atoms with Gasteiger partial charge in [0.1, 0.15) is 5.01 Å². The van der Waals surface area contributed by atoms with Crippen LogP contribution in [0.4, 0.5) is 0 Å². The molecule has 1 N–H and O–H groups in total. The van der Waals surface area contributed by atoms with Gasteiger partial charge in [0.05, 0.1) is 4.88 Å². The summed E-state index contributed by atoms with van der Waals surface area (Å²) in [6.07, 6.45) is 4.73. The largest absolute Gasteiger partial charge is 0.310 e. The molecule has 3 rings (SSSR count). The molecule has 0 saturated heterocycles. The Hall–Kier alpha value is -0.900. The van der Waals surface area contributed by atoms with Crippen LogP contribution in [0, 0.1) is 5.92 Å². The standard InChI is InChI=1S/C14H15ClN2S/c15-12-5-3-11(4-6-12)13-8-17-14(18-13)9-16-7-10-1-2-10/h3-6,8,10,16H,1-2,7,9H2. The van der Waals surface area contributed by atoms with Crippen LogP contribution in [-0.2, 0) is 6.54 Å². The fraction of sp³-hybridized carbons (Fsp3) is 0.357. The van der Waals surface area contributed by atoms with Gasteiger partial charge < -0.3 is 5.32 Å². The quantitative estimate of drug-likeness (QED) is 0.895. The molecule has 0 unspecified atom stereocenters. The van der Waals surface area contributed by atoms with Crippen molar-refractivity contribution in [3.8, 4) is 10.4 Å². The Kier molecular flexibility index (Phi) is 3.64. The van der Waals surface area contributed by atoms with Gasteiger partial charge in [0, 0.05) is 17.8 Å². The summed E-state index contributed by atoms with van der Waals surface area (Å²) in [5.41, 5.74) is 1.19. The second-order valence-corrected chi connectivity index (χ2v) is 6.25. The number of halogens is 1. The molecule has 1 saturated carbocycles. The summed E-state index contributed by atoms with van der Waals surface area (Å²) in [6, 6.07) is 7.91. The zero-order valence-corrected chi connectivity index (χ0v) is 11.6. The molecule has 1 aromatic heterocycles. The fourth-order valence-corrected chi connectivity index (χ4v) is 2.86. The lowest BCUT2D eigenvalue weighted by atomic mass is 10.2. The average Bonchev–Trinajstić information content (AvgIpc) is 3.08. The molecule has 94 valence electrons. The summed E-state index contributed by atoms with van der Waals surface area (Å²) >= 11 is 7.63. The summed E-state index contributed by atoms with van der Waals surface area (Å²) in [5, 5.41) is 5.39. The van der Waals surface area contributed by atoms with Crippen LogP contribution in [0.15, 0.2) is 30.5 Å². The van der Waals surface area contributed by atoms with Crippen LogP contribution < -0.4 is 5.32 Å². The van der Waals surface area contributed by atoms with Crippen LogP contribution in [0.2, 0.25) is 5.02 Å². The summed E-state index contributed by atoms with van der Waals surface area (Å²) in [7, 11) is 0. The first kappa shape index (κ1) is 12.2. The van der Waals surface area contributed by atoms with E-state index in [9.17, 15) is 0 Å². The molecule has 1 fully saturated rings. The van der Waals surface area contributed by atoms with E-state index < -0.39 is 0 Å². The number of hydrogen-bond donors (Lipinski definition) is 1. The van der Waals surface area contributed by atoms with Gasteiger partial charge in [0.25, 0.3) is 0 Å². The number of thiazole rings is 1. The monoisotopic (exact) mass is 278 g/mol. The third kappa shape index (κ3) is 3.10. The summed E-state index contributed by atoms with van der Waals surface area (Å²) in [4.78, 5) is 5.66. The van der Waals surface area contributed by atoms with E-state index in [-0.39, 0.29) is 0 Å². The highest BCUT2D eigenvalue weighted by Gasteiger charge is 2.20. The van der Waals surface area contributed by atoms with Crippen LogP contribution in [-0.4, -0.2) is 11.5 Å². The molecule has 0 bridgehead atoms. The summed E-state index contributed by atoms with van der Waals surface area (Å²) in [5.74, 6) is 0.917. The lowest BCUT2D eigenvalue weighted by molar-refractivity contribution is 0.637. The molecule has 4 heteroatoms. The van der Waals surface area contributed by atoms with Gasteiger partial charge >= 0.3 is 0 Å². The van der Waals surface area contributed by atoms with Gasteiger partial charge in [-0.3, -0.25) is 0 Å². The number of aromatic nitrogens is 1. The molecule has 1 heterocycles. The van der Waals surface area contributed by atoms with E-state index in [0.29, 0.717) is 0 Å². The molecule has 0 spiro atoms. The third-order valence-electron chi connectivity index (χ3n) is 3.09. The highest BCUT2D eigenvalue weighted by molar-refractivity contribution is 7.15. The van der Waals surface area contributed by atoms with E-state index in [1.54, 1.807) is 11.3 Å². The zero-order valence-electron chi connectivity index (χ0n) is 10.0. The smallest absolute Gasteiger partial charge is 0.107 e. The Morgan fingerprint density at radius 1 is 1.28 bits per heavy atom. The second-order valence-electron chi connectivity index (χ2n) is 4.70. The Balaban J connectivity index is 1.62. The zero-order chi connectivity index (χ0) is 12.4. The Morgan fingerprint density at radius 3 is 2.78 bits per heavy atom. The normalized spacial score (nSPS) is 14.9. The first-order valence-corrected chi connectivity index (χ1v) is 7.42. The number of nitrogens with one attached hydrogen (secondary N) is 1. The van der Waals surface area contributed by atoms with Crippen LogP contribution in [0.1, 0.15) is 17.8 Å². The maximum atomic E-state index is 5.89. The van der Waals surface area contributed by atoms with E-state index in [0.717, 1.165) is 29.0 Å². The van der Waals surface area contributed by atoms with Crippen LogP contribution in [0.3, 0.4) is 0 Å². The van der Waals surface area contributed by atoms with Crippen molar-refractivity contribution in [2.45, 2.75) is 19.4 Å². The van der Waals surface area contributed by atoms with E-state index in [1.807, 2.05) is 30.5 Å². The number of hydrogen-bond acceptors (Lipinski definition) is 3. The molecule has 0 radical (unpaired) electrons. The minimum absolute atomic E-state index is 0.773. The maximum absolute atomic E-state index is 5.89. The van der Waals surface area contributed by atoms with Gasteiger partial charge in [-0.15, -0.1) is 11.3 Å². The molecule has 1 aliphatic rings. The van der Waals surface area contributed by atoms with Crippen molar-refractivity contribution in [2.75, 3.05) is 6.54 Å². The average molecular weight is 279 g/mol. The van der Waals surface area contributed by atoms with E-state index >= 15 is 0 Å². The molecular weight excluding hydrogens is 264 g/mol. The van der Waals surface area contributed by atoms with Gasteiger partial charge in [0.15, 0.2) is 0 Å². The molecule has 0 amide bonds. The highest BCUT2D eigenvalue weighted by atomic mass is 35.5. The van der Waals surface area contributed by atoms with Crippen molar-refractivity contribution < 1.29 is 0 Å². The van der Waals surface area contributed by atoms with Crippen LogP contribution in [0.5, 0.6) is 0 Å². The predicted octanol–water partition coefficient (Wildman–Crippen LogP) is 3.96. The number of benzene rings is 1. The maximum Gasteiger partial charge on any atom is 0.107 e. The first-order valence-electron chi connectivity index (χ1n) is 6.22. The lowest BCUT2D eigenvalue weighted by Crippen LogP contribution is -2.15. The predicted molar refractivity (Wildman–Crippen MR) is 77.0 cm³/mol. The van der Waals surface area contributed by atoms with Crippen molar-refractivity contribution in [3.63, 3.8) is 0 Å². The van der Waals surface area contributed by atoms with Crippen molar-refractivity contribution in [1.29, 1.82) is 0 Å². The number of nitrogens with zero attached hydrogens (tertiary/aromatic N) is 1. The summed E-state index contributed by atoms with van der Waals surface area (Å²) < 4.78 is 0. The first-order chi connectivity index (χ1) is 8.81. The molecule has 1 aromatic carbocycles. The topological polar surface area (TPSA) is 24.9 Å². The van der Waals surface area contributed by atoms with Gasteiger partial charge in [0.2, 0.25) is 0 Å². The van der Waals surface area contributed by atoms with E-state index in [1.165, 1.54) is 23.3 Å². The molecule has 2 nitrogen and oxygen atoms in total. The Morgan fingerprint density at radius 2 is 2.06 bits per heavy atom. The summed E-state index contributed by atoms with van der Waals surface area (Å²) in [6.45, 7) is 2.02. The van der Waals surface area contributed by atoms with Crippen LogP contribution in [0.25, 0.3) is 10.4 Å². The molecule has 1 aliphatic carbocycles. The van der Waals surface area contributed by atoms with E-state index in [2.05, 4.69) is 10.3 Å². The highest BCUT2D eigenvalue weighted by Crippen LogP contribution is 2.29. The Labute approximate surface area is 116 Å². The lowest BCUT2D eigenvalue weighted by Gasteiger charge is -1.99. The SMILES string of the molecule is Clc1ccc(-c2cnc(CNCC3CC3)s2)cc1. The van der Waals surface area contributed by atoms with Crippen LogP contribution >= 0.6 is 22.9 Å². The van der Waals surface area contributed by atoms with Crippen molar-refractivity contribution in [1.82, 2.24) is 10.3 Å². The van der Waals surface area contributed by atoms with Crippen molar-refractivity contribution in [2.24, 2.45) is 5.92 Å². The molecule has 0 aliphatic heterocycles. The fourth-order valence-electron chi connectivity index (χ4n) is 1.84. The van der Waals surface area contributed by atoms with Crippen molar-refractivity contribution >= 4 is 22.9 Å².